The van der Waals surface area contributed by atoms with E-state index in [4.69, 9.17) is 0 Å². The Kier molecular flexibility index (Phi) is 16.2. The van der Waals surface area contributed by atoms with Crippen LogP contribution in [0.3, 0.4) is 0 Å². The number of hydrogen-bond acceptors (Lipinski definition) is 0. The van der Waals surface area contributed by atoms with Crippen LogP contribution in [0.25, 0.3) is 66.8 Å². The van der Waals surface area contributed by atoms with Crippen molar-refractivity contribution in [3.63, 3.8) is 0 Å². The van der Waals surface area contributed by atoms with E-state index in [0.717, 1.165) is 51.4 Å². The summed E-state index contributed by atoms with van der Waals surface area (Å²) in [5.74, 6) is 0. The Morgan fingerprint density at radius 3 is 0.553 bits per heavy atom. The van der Waals surface area contributed by atoms with E-state index < -0.39 is 0 Å². The summed E-state index contributed by atoms with van der Waals surface area (Å²) in [4.78, 5) is 0. The normalized spacial score (nSPS) is 13.7. The van der Waals surface area contributed by atoms with Crippen molar-refractivity contribution in [3.8, 4) is 66.8 Å². The molecule has 408 valence electrons. The van der Waals surface area contributed by atoms with Gasteiger partial charge < -0.3 is 0 Å². The molecule has 1 aliphatic rings. The molecule has 0 N–H and O–H groups in total. The third kappa shape index (κ3) is 10.2. The minimum absolute atomic E-state index is 0.0163. The highest BCUT2D eigenvalue weighted by atomic mass is 14.4. The fraction of sp³-hybridized carbons (Fsp3) is 0.526. The first kappa shape index (κ1) is 59.0. The van der Waals surface area contributed by atoms with E-state index in [1.807, 2.05) is 0 Å². The van der Waals surface area contributed by atoms with Gasteiger partial charge in [0, 0.05) is 0 Å². The molecule has 0 atom stereocenters. The highest BCUT2D eigenvalue weighted by Crippen LogP contribution is 2.65. The summed E-state index contributed by atoms with van der Waals surface area (Å²) in [7, 11) is 0. The predicted molar refractivity (Wildman–Crippen MR) is 339 cm³/mol. The Morgan fingerprint density at radius 1 is 0.211 bits per heavy atom. The van der Waals surface area contributed by atoms with Crippen LogP contribution in [0.5, 0.6) is 0 Å². The van der Waals surface area contributed by atoms with Crippen LogP contribution in [0.15, 0.2) is 97.1 Å². The lowest BCUT2D eigenvalue weighted by atomic mass is 9.62. The quantitative estimate of drug-likeness (QED) is 0.0714. The van der Waals surface area contributed by atoms with Gasteiger partial charge in [-0.15, -0.1) is 0 Å². The fourth-order valence-corrected chi connectivity index (χ4v) is 11.8. The van der Waals surface area contributed by atoms with Gasteiger partial charge in [0.1, 0.15) is 0 Å². The molecule has 0 unspecified atom stereocenters. The van der Waals surface area contributed by atoms with E-state index >= 15 is 0 Å². The highest BCUT2D eigenvalue weighted by molar-refractivity contribution is 6.23. The minimum atomic E-state index is -0.130. The second kappa shape index (κ2) is 20.8. The topological polar surface area (TPSA) is 0 Å². The first-order chi connectivity index (χ1) is 35.3. The van der Waals surface area contributed by atoms with Crippen LogP contribution in [0.2, 0.25) is 0 Å². The molecule has 0 nitrogen and oxygen atoms in total. The van der Waals surface area contributed by atoms with Gasteiger partial charge in [-0.05, 0) is 206 Å². The lowest BCUT2D eigenvalue weighted by Crippen LogP contribution is -2.24. The van der Waals surface area contributed by atoms with Crippen molar-refractivity contribution in [3.05, 3.63) is 142 Å². The van der Waals surface area contributed by atoms with Gasteiger partial charge in [0.05, 0.1) is 0 Å². The van der Waals surface area contributed by atoms with E-state index in [1.54, 1.807) is 0 Å². The molecule has 0 radical (unpaired) electrons. The molecule has 6 aromatic rings. The molecule has 0 bridgehead atoms. The smallest absolute Gasteiger partial charge is 0.000730 e. The first-order valence-corrected chi connectivity index (χ1v) is 30.3. The standard InChI is InChI=1S/C76H104/c1-25-69(9,10)49-37-41-55(59(45-49)73(17,18)29-5)65-63-53-35-33-34-36-54(53)64(63)66(56-42-38-50(70(11,12)26-2)46-60(56)74(19,20)30-6)68(58-44-40-52(72(15,16)28-4)48-62(58)76(23,24)32-8)67(65)57-43-39-51(71(13,14)27-3)47-61(57)75(21,22)31-7/h33-48H,25-32H2,1-24H3. The average molecular weight is 1020 g/mol. The number of benzene rings is 6. The van der Waals surface area contributed by atoms with Crippen LogP contribution in [-0.4, -0.2) is 0 Å². The molecule has 0 aliphatic heterocycles. The molecule has 0 saturated heterocycles. The molecule has 76 heavy (non-hydrogen) atoms. The van der Waals surface area contributed by atoms with E-state index in [1.165, 1.54) is 111 Å². The van der Waals surface area contributed by atoms with E-state index in [0.29, 0.717) is 0 Å². The molecule has 0 spiro atoms. The zero-order valence-electron chi connectivity index (χ0n) is 52.9. The maximum Gasteiger partial charge on any atom is -0.000730 e. The van der Waals surface area contributed by atoms with Crippen LogP contribution in [0, 0.1) is 0 Å². The maximum atomic E-state index is 2.66. The van der Waals surface area contributed by atoms with Gasteiger partial charge in [0.25, 0.3) is 0 Å². The van der Waals surface area contributed by atoms with Crippen LogP contribution in [0.4, 0.5) is 0 Å². The van der Waals surface area contributed by atoms with Crippen molar-refractivity contribution in [2.45, 2.75) is 261 Å². The molecular formula is C76H104. The largest absolute Gasteiger partial charge is 0.0646 e. The van der Waals surface area contributed by atoms with Crippen molar-refractivity contribution < 1.29 is 0 Å². The Labute approximate surface area is 466 Å². The molecule has 0 heteroatoms. The summed E-state index contributed by atoms with van der Waals surface area (Å²) in [5.41, 5.74) is 27.8. The summed E-state index contributed by atoms with van der Waals surface area (Å²) >= 11 is 0. The van der Waals surface area contributed by atoms with Gasteiger partial charge in [0.15, 0.2) is 0 Å². The van der Waals surface area contributed by atoms with E-state index in [-0.39, 0.29) is 43.3 Å². The molecular weight excluding hydrogens is 913 g/mol. The van der Waals surface area contributed by atoms with Crippen molar-refractivity contribution >= 4 is 0 Å². The fourth-order valence-electron chi connectivity index (χ4n) is 11.8. The van der Waals surface area contributed by atoms with Crippen LogP contribution >= 0.6 is 0 Å². The van der Waals surface area contributed by atoms with Crippen LogP contribution < -0.4 is 0 Å². The molecule has 7 rings (SSSR count). The summed E-state index contributed by atoms with van der Waals surface area (Å²) < 4.78 is 0. The molecule has 1 aliphatic carbocycles. The van der Waals surface area contributed by atoms with Gasteiger partial charge >= 0.3 is 0 Å². The summed E-state index contributed by atoms with van der Waals surface area (Å²) in [6.07, 6.45) is 8.40. The van der Waals surface area contributed by atoms with Gasteiger partial charge in [-0.1, -0.05) is 263 Å². The second-order valence-corrected chi connectivity index (χ2v) is 28.7. The lowest BCUT2D eigenvalue weighted by molar-refractivity contribution is 0.488. The number of rotatable bonds is 20. The average Bonchev–Trinajstić information content (AvgIpc) is 3.40. The number of fused-ring (bicyclic) bond motifs is 4. The third-order valence-electron chi connectivity index (χ3n) is 21.2. The monoisotopic (exact) mass is 1020 g/mol. The maximum absolute atomic E-state index is 2.66. The molecule has 0 saturated carbocycles. The Balaban J connectivity index is 1.95. The van der Waals surface area contributed by atoms with E-state index in [9.17, 15) is 0 Å². The second-order valence-electron chi connectivity index (χ2n) is 28.7. The van der Waals surface area contributed by atoms with Gasteiger partial charge in [-0.3, -0.25) is 0 Å². The lowest BCUT2D eigenvalue weighted by Gasteiger charge is -2.40. The molecule has 0 fully saturated rings. The van der Waals surface area contributed by atoms with Crippen LogP contribution in [0.1, 0.15) is 262 Å². The van der Waals surface area contributed by atoms with Crippen molar-refractivity contribution in [1.82, 2.24) is 0 Å². The third-order valence-corrected chi connectivity index (χ3v) is 21.2. The van der Waals surface area contributed by atoms with Gasteiger partial charge in [0.2, 0.25) is 0 Å². The van der Waals surface area contributed by atoms with E-state index in [2.05, 4.69) is 263 Å². The van der Waals surface area contributed by atoms with Crippen molar-refractivity contribution in [2.24, 2.45) is 0 Å². The first-order valence-electron chi connectivity index (χ1n) is 30.3. The molecule has 6 aromatic carbocycles. The molecule has 0 amide bonds. The predicted octanol–water partition coefficient (Wildman–Crippen LogP) is 23.5. The summed E-state index contributed by atoms with van der Waals surface area (Å²) in [6, 6.07) is 40.5. The Bertz CT molecular complexity index is 2900. The number of hydrogen-bond donors (Lipinski definition) is 0. The minimum Gasteiger partial charge on any atom is -0.0646 e. The zero-order valence-corrected chi connectivity index (χ0v) is 52.9. The summed E-state index contributed by atoms with van der Waals surface area (Å²) in [6.45, 7) is 58.7. The van der Waals surface area contributed by atoms with Gasteiger partial charge in [-0.2, -0.15) is 0 Å². The Hall–Kier alpha value is -4.68. The van der Waals surface area contributed by atoms with Gasteiger partial charge in [-0.25, -0.2) is 0 Å². The molecule has 0 heterocycles. The van der Waals surface area contributed by atoms with Crippen molar-refractivity contribution in [1.29, 1.82) is 0 Å². The summed E-state index contributed by atoms with van der Waals surface area (Å²) in [5, 5.41) is 0. The van der Waals surface area contributed by atoms with Crippen LogP contribution in [-0.2, 0) is 43.3 Å². The Morgan fingerprint density at radius 2 is 0.382 bits per heavy atom. The van der Waals surface area contributed by atoms with Crippen molar-refractivity contribution in [2.75, 3.05) is 0 Å². The highest BCUT2D eigenvalue weighted by Gasteiger charge is 2.42. The zero-order chi connectivity index (χ0) is 56.5. The molecule has 0 aromatic heterocycles. The SMILES string of the molecule is CCC(C)(C)c1ccc(-c2c3c(c(-c4ccc(C(C)(C)CC)cc4C(C)(C)CC)c(-c4ccc(C(C)(C)CC)cc4C(C)(C)CC)c2-c2ccc(C(C)(C)CC)cc2C(C)(C)CC)-c2ccccc2-3)c(C(C)(C)CC)c1.